The highest BCUT2D eigenvalue weighted by atomic mass is 35.5. The van der Waals surface area contributed by atoms with Crippen LogP contribution in [0.25, 0.3) is 10.9 Å². The third-order valence-corrected chi connectivity index (χ3v) is 3.89. The van der Waals surface area contributed by atoms with Gasteiger partial charge in [0.25, 0.3) is 0 Å². The van der Waals surface area contributed by atoms with Gasteiger partial charge in [-0.15, -0.1) is 0 Å². The van der Waals surface area contributed by atoms with Gasteiger partial charge in [0.15, 0.2) is 0 Å². The zero-order valence-corrected chi connectivity index (χ0v) is 12.7. The molecule has 0 radical (unpaired) electrons. The average molecular weight is 301 g/mol. The van der Waals surface area contributed by atoms with Gasteiger partial charge in [-0.3, -0.25) is 4.68 Å². The number of nitrogens with zero attached hydrogens (tertiary/aromatic N) is 2. The molecule has 3 rings (SSSR count). The van der Waals surface area contributed by atoms with Gasteiger partial charge in [0.2, 0.25) is 0 Å². The van der Waals surface area contributed by atoms with Crippen LogP contribution in [0.1, 0.15) is 12.0 Å². The molecule has 0 N–H and O–H groups in total. The van der Waals surface area contributed by atoms with E-state index in [9.17, 15) is 0 Å². The zero-order valence-electron chi connectivity index (χ0n) is 11.9. The minimum atomic E-state index is 0.662. The van der Waals surface area contributed by atoms with E-state index in [0.29, 0.717) is 6.61 Å². The second-order valence-corrected chi connectivity index (χ2v) is 5.45. The second kappa shape index (κ2) is 6.19. The topological polar surface area (TPSA) is 27.1 Å². The standard InChI is InChI=1S/C17H17ClN2O/c1-13-11-15(7-8-16(13)18)21-10-4-9-20-17-6-3-2-5-14(17)12-19-20/h2-3,5-8,11-12H,4,9-10H2,1H3. The van der Waals surface area contributed by atoms with E-state index in [-0.39, 0.29) is 0 Å². The number of hydrogen-bond donors (Lipinski definition) is 0. The van der Waals surface area contributed by atoms with Crippen molar-refractivity contribution in [3.05, 3.63) is 59.2 Å². The van der Waals surface area contributed by atoms with Crippen LogP contribution in [-0.4, -0.2) is 16.4 Å². The second-order valence-electron chi connectivity index (χ2n) is 5.04. The molecule has 0 unspecified atom stereocenters. The Balaban J connectivity index is 1.55. The smallest absolute Gasteiger partial charge is 0.119 e. The summed E-state index contributed by atoms with van der Waals surface area (Å²) in [5.74, 6) is 0.863. The number of rotatable bonds is 5. The lowest BCUT2D eigenvalue weighted by Crippen LogP contribution is -2.05. The van der Waals surface area contributed by atoms with E-state index in [1.165, 1.54) is 10.9 Å². The van der Waals surface area contributed by atoms with Crippen LogP contribution in [0, 0.1) is 6.92 Å². The first-order valence-corrected chi connectivity index (χ1v) is 7.41. The van der Waals surface area contributed by atoms with E-state index in [2.05, 4.69) is 17.2 Å². The maximum atomic E-state index is 6.00. The molecule has 0 saturated carbocycles. The molecule has 0 bridgehead atoms. The third kappa shape index (κ3) is 3.19. The molecule has 0 spiro atoms. The van der Waals surface area contributed by atoms with Crippen LogP contribution in [0.2, 0.25) is 5.02 Å². The molecule has 0 aliphatic rings. The first-order chi connectivity index (χ1) is 10.2. The molecule has 0 atom stereocenters. The van der Waals surface area contributed by atoms with Crippen LogP contribution >= 0.6 is 11.6 Å². The molecule has 2 aromatic carbocycles. The highest BCUT2D eigenvalue weighted by Gasteiger charge is 2.02. The summed E-state index contributed by atoms with van der Waals surface area (Å²) in [7, 11) is 0. The van der Waals surface area contributed by atoms with Crippen LogP contribution in [0.5, 0.6) is 5.75 Å². The van der Waals surface area contributed by atoms with Gasteiger partial charge in [0.1, 0.15) is 5.75 Å². The summed E-state index contributed by atoms with van der Waals surface area (Å²) < 4.78 is 7.77. The van der Waals surface area contributed by atoms with Crippen molar-refractivity contribution in [2.45, 2.75) is 19.9 Å². The number of aromatic nitrogens is 2. The summed E-state index contributed by atoms with van der Waals surface area (Å²) in [6.07, 6.45) is 2.81. The van der Waals surface area contributed by atoms with E-state index in [1.807, 2.05) is 48.1 Å². The zero-order chi connectivity index (χ0) is 14.7. The molecule has 0 amide bonds. The molecule has 3 nitrogen and oxygen atoms in total. The number of ether oxygens (including phenoxy) is 1. The van der Waals surface area contributed by atoms with Gasteiger partial charge in [0.05, 0.1) is 18.3 Å². The largest absolute Gasteiger partial charge is 0.494 e. The lowest BCUT2D eigenvalue weighted by atomic mass is 10.2. The maximum Gasteiger partial charge on any atom is 0.119 e. The summed E-state index contributed by atoms with van der Waals surface area (Å²) in [5, 5.41) is 6.35. The Hall–Kier alpha value is -2.00. The van der Waals surface area contributed by atoms with Crippen molar-refractivity contribution < 1.29 is 4.74 Å². The van der Waals surface area contributed by atoms with Crippen LogP contribution < -0.4 is 4.74 Å². The highest BCUT2D eigenvalue weighted by molar-refractivity contribution is 6.31. The van der Waals surface area contributed by atoms with Gasteiger partial charge in [-0.2, -0.15) is 5.10 Å². The van der Waals surface area contributed by atoms with Crippen LogP contribution in [0.3, 0.4) is 0 Å². The van der Waals surface area contributed by atoms with E-state index >= 15 is 0 Å². The molecule has 108 valence electrons. The van der Waals surface area contributed by atoms with Gasteiger partial charge in [-0.1, -0.05) is 29.8 Å². The molecule has 0 aliphatic heterocycles. The van der Waals surface area contributed by atoms with E-state index in [4.69, 9.17) is 16.3 Å². The number of aryl methyl sites for hydroxylation is 2. The fourth-order valence-corrected chi connectivity index (χ4v) is 2.43. The van der Waals surface area contributed by atoms with Crippen LogP contribution in [-0.2, 0) is 6.54 Å². The molecule has 4 heteroatoms. The molecule has 0 saturated heterocycles. The van der Waals surface area contributed by atoms with Crippen molar-refractivity contribution in [2.24, 2.45) is 0 Å². The van der Waals surface area contributed by atoms with Gasteiger partial charge in [-0.05, 0) is 36.8 Å². The van der Waals surface area contributed by atoms with Crippen LogP contribution in [0.15, 0.2) is 48.7 Å². The fourth-order valence-electron chi connectivity index (χ4n) is 2.32. The van der Waals surface area contributed by atoms with Gasteiger partial charge < -0.3 is 4.74 Å². The Morgan fingerprint density at radius 3 is 2.90 bits per heavy atom. The Morgan fingerprint density at radius 2 is 2.05 bits per heavy atom. The number of benzene rings is 2. The fraction of sp³-hybridized carbons (Fsp3) is 0.235. The lowest BCUT2D eigenvalue weighted by Gasteiger charge is -2.08. The van der Waals surface area contributed by atoms with Crippen molar-refractivity contribution in [1.82, 2.24) is 9.78 Å². The number of halogens is 1. The van der Waals surface area contributed by atoms with Crippen molar-refractivity contribution >= 4 is 22.5 Å². The molecule has 0 aliphatic carbocycles. The maximum absolute atomic E-state index is 6.00. The summed E-state index contributed by atoms with van der Waals surface area (Å²) in [5.41, 5.74) is 2.20. The Bertz CT molecular complexity index is 751. The average Bonchev–Trinajstić information content (AvgIpc) is 2.91. The minimum Gasteiger partial charge on any atom is -0.494 e. The predicted octanol–water partition coefficient (Wildman–Crippen LogP) is 4.47. The van der Waals surface area contributed by atoms with Crippen molar-refractivity contribution in [3.63, 3.8) is 0 Å². The molecule has 1 aromatic heterocycles. The number of hydrogen-bond acceptors (Lipinski definition) is 2. The Labute approximate surface area is 129 Å². The minimum absolute atomic E-state index is 0.662. The molecule has 21 heavy (non-hydrogen) atoms. The van der Waals surface area contributed by atoms with Gasteiger partial charge in [-0.25, -0.2) is 0 Å². The quantitative estimate of drug-likeness (QED) is 0.650. The van der Waals surface area contributed by atoms with E-state index in [0.717, 1.165) is 29.3 Å². The number of fused-ring (bicyclic) bond motifs is 1. The summed E-state index contributed by atoms with van der Waals surface area (Å²) in [4.78, 5) is 0. The summed E-state index contributed by atoms with van der Waals surface area (Å²) in [6.45, 7) is 3.49. The molecule has 3 aromatic rings. The molecule has 0 fully saturated rings. The van der Waals surface area contributed by atoms with Gasteiger partial charge in [0, 0.05) is 23.4 Å². The van der Waals surface area contributed by atoms with E-state index in [1.54, 1.807) is 0 Å². The SMILES string of the molecule is Cc1cc(OCCCn2ncc3ccccc32)ccc1Cl. The predicted molar refractivity (Wildman–Crippen MR) is 86.0 cm³/mol. The van der Waals surface area contributed by atoms with Crippen molar-refractivity contribution in [1.29, 1.82) is 0 Å². The summed E-state index contributed by atoms with van der Waals surface area (Å²) in [6, 6.07) is 14.0. The van der Waals surface area contributed by atoms with E-state index < -0.39 is 0 Å². The summed E-state index contributed by atoms with van der Waals surface area (Å²) >= 11 is 6.00. The highest BCUT2D eigenvalue weighted by Crippen LogP contribution is 2.21. The lowest BCUT2D eigenvalue weighted by molar-refractivity contribution is 0.299. The first-order valence-electron chi connectivity index (χ1n) is 7.03. The molecular formula is C17H17ClN2O. The van der Waals surface area contributed by atoms with Crippen LogP contribution in [0.4, 0.5) is 0 Å². The van der Waals surface area contributed by atoms with Gasteiger partial charge >= 0.3 is 0 Å². The number of para-hydroxylation sites is 1. The molecule has 1 heterocycles. The Kier molecular flexibility index (Phi) is 4.11. The molecular weight excluding hydrogens is 284 g/mol. The Morgan fingerprint density at radius 1 is 1.19 bits per heavy atom. The third-order valence-electron chi connectivity index (χ3n) is 3.46. The monoisotopic (exact) mass is 300 g/mol. The van der Waals surface area contributed by atoms with Crippen molar-refractivity contribution in [3.8, 4) is 5.75 Å². The first kappa shape index (κ1) is 14.0. The normalized spacial score (nSPS) is 11.0. The van der Waals surface area contributed by atoms with Crippen molar-refractivity contribution in [2.75, 3.05) is 6.61 Å².